The van der Waals surface area contributed by atoms with Crippen LogP contribution in [0.25, 0.3) is 0 Å². The van der Waals surface area contributed by atoms with Gasteiger partial charge in [0.2, 0.25) is 6.41 Å². The molecule has 0 bridgehead atoms. The van der Waals surface area contributed by atoms with Crippen molar-refractivity contribution in [2.75, 3.05) is 12.4 Å². The molecule has 178 valence electrons. The molecule has 0 spiro atoms. The second kappa shape index (κ2) is 16.2. The molecule has 1 aromatic heterocycles. The van der Waals surface area contributed by atoms with Gasteiger partial charge in [0.15, 0.2) is 0 Å². The van der Waals surface area contributed by atoms with Gasteiger partial charge in [-0.25, -0.2) is 4.98 Å². The maximum atomic E-state index is 12.4. The van der Waals surface area contributed by atoms with Crippen LogP contribution in [0.4, 0.5) is 5.82 Å². The number of ether oxygens (including phenoxy) is 1. The van der Waals surface area contributed by atoms with E-state index in [1.807, 2.05) is 19.9 Å². The molecular weight excluding hydrogens is 416 g/mol. The Morgan fingerprint density at radius 1 is 1.39 bits per heavy atom. The number of rotatable bonds is 12. The van der Waals surface area contributed by atoms with Gasteiger partial charge in [-0.3, -0.25) is 14.6 Å². The summed E-state index contributed by atoms with van der Waals surface area (Å²) in [5.41, 5.74) is 1.23. The van der Waals surface area contributed by atoms with Crippen molar-refractivity contribution < 1.29 is 14.3 Å². The van der Waals surface area contributed by atoms with E-state index in [4.69, 9.17) is 4.74 Å². The summed E-state index contributed by atoms with van der Waals surface area (Å²) in [4.78, 5) is 31.0. The summed E-state index contributed by atoms with van der Waals surface area (Å²) in [6.07, 6.45) is 17.4. The number of aliphatic imine (C=N–C) groups is 1. The van der Waals surface area contributed by atoms with Crippen LogP contribution in [0, 0.1) is 11.8 Å². The zero-order valence-corrected chi connectivity index (χ0v) is 20.1. The summed E-state index contributed by atoms with van der Waals surface area (Å²) in [5, 5.41) is 5.13. The Hall–Kier alpha value is -3.48. The largest absolute Gasteiger partial charge is 0.501 e. The first-order valence-electron chi connectivity index (χ1n) is 11.1. The topological polar surface area (TPSA) is 92.7 Å². The van der Waals surface area contributed by atoms with Gasteiger partial charge >= 0.3 is 0 Å². The minimum Gasteiger partial charge on any atom is -0.501 e. The van der Waals surface area contributed by atoms with Gasteiger partial charge < -0.3 is 15.4 Å². The third-order valence-electron chi connectivity index (χ3n) is 4.87. The van der Waals surface area contributed by atoms with E-state index in [0.717, 1.165) is 24.3 Å². The number of nitrogens with one attached hydrogen (secondary N) is 2. The minimum absolute atomic E-state index is 0.0719. The van der Waals surface area contributed by atoms with Crippen LogP contribution in [0.5, 0.6) is 0 Å². The Labute approximate surface area is 197 Å². The number of anilines is 1. The molecule has 33 heavy (non-hydrogen) atoms. The molecule has 2 N–H and O–H groups in total. The van der Waals surface area contributed by atoms with Gasteiger partial charge in [0.05, 0.1) is 12.9 Å². The van der Waals surface area contributed by atoms with Crippen molar-refractivity contribution in [2.24, 2.45) is 16.8 Å². The molecule has 1 aliphatic carbocycles. The number of hydrogen-bond donors (Lipinski definition) is 2. The smallest absolute Gasteiger partial charge is 0.255 e. The predicted molar refractivity (Wildman–Crippen MR) is 135 cm³/mol. The lowest BCUT2D eigenvalue weighted by Gasteiger charge is -2.19. The van der Waals surface area contributed by atoms with E-state index in [1.54, 1.807) is 37.9 Å². The second-order valence-electron chi connectivity index (χ2n) is 7.59. The van der Waals surface area contributed by atoms with E-state index < -0.39 is 0 Å². The number of allylic oxidation sites excluding steroid dienone is 4. The van der Waals surface area contributed by atoms with Gasteiger partial charge in [-0.1, -0.05) is 38.5 Å². The molecule has 1 unspecified atom stereocenters. The van der Waals surface area contributed by atoms with Crippen molar-refractivity contribution in [1.29, 1.82) is 0 Å². The van der Waals surface area contributed by atoms with Gasteiger partial charge in [-0.2, -0.15) is 0 Å². The molecular formula is C26H36N4O3. The second-order valence-corrected chi connectivity index (χ2v) is 7.59. The third kappa shape index (κ3) is 11.6. The summed E-state index contributed by atoms with van der Waals surface area (Å²) in [5.74, 6) is 1.61. The average molecular weight is 453 g/mol. The molecule has 2 rings (SSSR count). The van der Waals surface area contributed by atoms with E-state index >= 15 is 0 Å². The molecule has 1 aromatic rings. The molecule has 0 saturated heterocycles. The molecule has 7 heteroatoms. The molecule has 2 amide bonds. The van der Waals surface area contributed by atoms with Gasteiger partial charge in [0, 0.05) is 36.3 Å². The standard InChI is InChI=1S/C22H28N4O3.C4H8/c1-5-7-8-9-20(17(3)29-4)19(15-23-6-2)11-13-25-22(28)18-10-12-24-21(14-18)26-16-27;1-4-2-3-4/h5-7,10-16,20H,3,8-9H2,1-2,4H3,(H,25,28)(H,24,26,27);4H,2-3H2,1H3/b7-5-,13-11+,19-15+,23-6?;. The Balaban J connectivity index is 0.00000122. The lowest BCUT2D eigenvalue weighted by Crippen LogP contribution is -2.18. The van der Waals surface area contributed by atoms with Crippen LogP contribution in [0.3, 0.4) is 0 Å². The molecule has 1 saturated carbocycles. The first kappa shape index (κ1) is 27.6. The van der Waals surface area contributed by atoms with Crippen LogP contribution < -0.4 is 10.6 Å². The fourth-order valence-electron chi connectivity index (χ4n) is 2.67. The Kier molecular flexibility index (Phi) is 13.5. The van der Waals surface area contributed by atoms with E-state index in [-0.39, 0.29) is 11.8 Å². The fraction of sp³-hybridized carbons (Fsp3) is 0.385. The number of hydrogen-bond acceptors (Lipinski definition) is 5. The Bertz CT molecular complexity index is 883. The summed E-state index contributed by atoms with van der Waals surface area (Å²) < 4.78 is 5.36. The summed E-state index contributed by atoms with van der Waals surface area (Å²) in [7, 11) is 1.59. The first-order chi connectivity index (χ1) is 16.0. The number of carbonyl (C=O) groups is 2. The van der Waals surface area contributed by atoms with Crippen molar-refractivity contribution >= 4 is 24.3 Å². The van der Waals surface area contributed by atoms with Crippen LogP contribution in [-0.2, 0) is 9.53 Å². The summed E-state index contributed by atoms with van der Waals surface area (Å²) in [6.45, 7) is 10.1. The van der Waals surface area contributed by atoms with E-state index in [2.05, 4.69) is 40.2 Å². The van der Waals surface area contributed by atoms with Gasteiger partial charge in [0.1, 0.15) is 5.82 Å². The van der Waals surface area contributed by atoms with Crippen molar-refractivity contribution in [1.82, 2.24) is 10.3 Å². The summed E-state index contributed by atoms with van der Waals surface area (Å²) >= 11 is 0. The Morgan fingerprint density at radius 2 is 2.12 bits per heavy atom. The molecule has 1 aliphatic rings. The lowest BCUT2D eigenvalue weighted by molar-refractivity contribution is -0.105. The van der Waals surface area contributed by atoms with E-state index in [0.29, 0.717) is 23.6 Å². The zero-order valence-electron chi connectivity index (χ0n) is 20.1. The summed E-state index contributed by atoms with van der Waals surface area (Å²) in [6, 6.07) is 3.05. The normalized spacial score (nSPS) is 14.6. The molecule has 7 nitrogen and oxygen atoms in total. The maximum Gasteiger partial charge on any atom is 0.255 e. The molecule has 0 aromatic carbocycles. The number of amides is 2. The maximum absolute atomic E-state index is 12.4. The van der Waals surface area contributed by atoms with Crippen molar-refractivity contribution in [2.45, 2.75) is 46.5 Å². The fourth-order valence-corrected chi connectivity index (χ4v) is 2.67. The van der Waals surface area contributed by atoms with Crippen molar-refractivity contribution in [3.05, 3.63) is 72.4 Å². The van der Waals surface area contributed by atoms with Crippen LogP contribution in [-0.4, -0.2) is 30.6 Å². The number of pyridine rings is 1. The molecule has 0 radical (unpaired) electrons. The van der Waals surface area contributed by atoms with Crippen LogP contribution in [0.1, 0.15) is 56.8 Å². The van der Waals surface area contributed by atoms with Gasteiger partial charge in [-0.15, -0.1) is 0 Å². The highest BCUT2D eigenvalue weighted by Gasteiger charge is 2.16. The average Bonchev–Trinajstić information content (AvgIpc) is 3.61. The van der Waals surface area contributed by atoms with E-state index in [9.17, 15) is 9.59 Å². The highest BCUT2D eigenvalue weighted by molar-refractivity contribution is 5.95. The number of aromatic nitrogens is 1. The van der Waals surface area contributed by atoms with Crippen LogP contribution in [0.15, 0.2) is 71.9 Å². The molecule has 1 fully saturated rings. The predicted octanol–water partition coefficient (Wildman–Crippen LogP) is 5.42. The molecule has 1 atom stereocenters. The number of methoxy groups -OCH3 is 1. The first-order valence-corrected chi connectivity index (χ1v) is 11.1. The van der Waals surface area contributed by atoms with Gasteiger partial charge in [-0.05, 0) is 56.4 Å². The third-order valence-corrected chi connectivity index (χ3v) is 4.87. The zero-order chi connectivity index (χ0) is 24.5. The quantitative estimate of drug-likeness (QED) is 0.146. The SMILES string of the molecule is C=C(OC)C(CC/C=C\C)C(/C=C/NC(=O)c1ccnc(NC=O)c1)=C/N=CC.CC1CC1. The molecule has 1 heterocycles. The van der Waals surface area contributed by atoms with Crippen LogP contribution >= 0.6 is 0 Å². The highest BCUT2D eigenvalue weighted by Crippen LogP contribution is 2.27. The monoisotopic (exact) mass is 452 g/mol. The van der Waals surface area contributed by atoms with Crippen LogP contribution in [0.2, 0.25) is 0 Å². The van der Waals surface area contributed by atoms with Crippen molar-refractivity contribution in [3.63, 3.8) is 0 Å². The lowest BCUT2D eigenvalue weighted by atomic mass is 9.92. The molecule has 0 aliphatic heterocycles. The van der Waals surface area contributed by atoms with E-state index in [1.165, 1.54) is 25.1 Å². The Morgan fingerprint density at radius 3 is 2.70 bits per heavy atom. The highest BCUT2D eigenvalue weighted by atomic mass is 16.5. The number of carbonyl (C=O) groups excluding carboxylic acids is 2. The van der Waals surface area contributed by atoms with Crippen molar-refractivity contribution in [3.8, 4) is 0 Å². The van der Waals surface area contributed by atoms with Gasteiger partial charge in [0.25, 0.3) is 5.91 Å². The number of nitrogens with zero attached hydrogens (tertiary/aromatic N) is 2. The minimum atomic E-state index is -0.327.